The van der Waals surface area contributed by atoms with Crippen molar-refractivity contribution in [3.8, 4) is 22.6 Å². The van der Waals surface area contributed by atoms with E-state index in [9.17, 15) is 23.4 Å². The minimum atomic E-state index is -3.57. The van der Waals surface area contributed by atoms with Gasteiger partial charge in [0.05, 0.1) is 18.0 Å². The zero-order valence-electron chi connectivity index (χ0n) is 21.0. The fraction of sp³-hybridized carbons (Fsp3) is 0.259. The number of amidine groups is 1. The van der Waals surface area contributed by atoms with E-state index < -0.39 is 16.1 Å². The molecule has 1 amide bonds. The molecule has 0 aromatic heterocycles. The molecule has 0 radical (unpaired) electrons. The molecule has 0 saturated carbocycles. The Balaban J connectivity index is 1.28. The number of ether oxygens (including phenoxy) is 1. The highest BCUT2D eigenvalue weighted by atomic mass is 32.2. The molecule has 0 spiro atoms. The third kappa shape index (κ3) is 6.68. The summed E-state index contributed by atoms with van der Waals surface area (Å²) < 4.78 is 31.0. The number of phenols is 1. The Morgan fingerprint density at radius 2 is 1.79 bits per heavy atom. The van der Waals surface area contributed by atoms with Crippen LogP contribution >= 0.6 is 0 Å². The molecule has 10 nitrogen and oxygen atoms in total. The molecule has 3 aromatic rings. The summed E-state index contributed by atoms with van der Waals surface area (Å²) in [5, 5.41) is 33.9. The number of nitrogens with one attached hydrogen (secondary N) is 4. The summed E-state index contributed by atoms with van der Waals surface area (Å²) >= 11 is 0. The van der Waals surface area contributed by atoms with Gasteiger partial charge in [0.25, 0.3) is 0 Å². The minimum Gasteiger partial charge on any atom is -0.506 e. The van der Waals surface area contributed by atoms with E-state index in [4.69, 9.17) is 10.1 Å². The first-order valence-corrected chi connectivity index (χ1v) is 13.8. The molecule has 11 heteroatoms. The Hall–Kier alpha value is -3.93. The maximum atomic E-state index is 11.5. The van der Waals surface area contributed by atoms with Gasteiger partial charge in [-0.15, -0.1) is 0 Å². The molecular weight excluding hydrogens is 508 g/mol. The number of aliphatic hydroxyl groups is 1. The Morgan fingerprint density at radius 1 is 1.08 bits per heavy atom. The zero-order chi connectivity index (χ0) is 27.4. The lowest BCUT2D eigenvalue weighted by atomic mass is 10.0. The monoisotopic (exact) mass is 538 g/mol. The molecule has 200 valence electrons. The minimum absolute atomic E-state index is 0.00774. The van der Waals surface area contributed by atoms with Gasteiger partial charge >= 0.3 is 0 Å². The van der Waals surface area contributed by atoms with Crippen LogP contribution in [0.25, 0.3) is 11.1 Å². The SMILES string of the molecule is CC(=O)NC(=N)c1ccc2c(c1)Cc1cc(OCCNCC(O)c3ccc(O)c(NS(C)(=O)=O)c3)ccc1-2. The summed E-state index contributed by atoms with van der Waals surface area (Å²) in [6.45, 7) is 2.42. The highest BCUT2D eigenvalue weighted by Gasteiger charge is 2.20. The Bertz CT molecular complexity index is 1490. The standard InChI is InChI=1S/C27H30N4O6S/c1-16(32)30-27(28)18-3-6-22-19(11-18)12-20-13-21(5-7-23(20)22)37-10-9-29-15-26(34)17-4-8-25(33)24(14-17)31-38(2,35)36/h3-8,11,13-14,26,29,31,33-34H,9-10,12,15H2,1-2H3,(H2,28,30,32). The van der Waals surface area contributed by atoms with Crippen molar-refractivity contribution in [2.75, 3.05) is 30.7 Å². The summed E-state index contributed by atoms with van der Waals surface area (Å²) in [5.74, 6) is 0.297. The first kappa shape index (κ1) is 27.1. The Morgan fingerprint density at radius 3 is 2.50 bits per heavy atom. The molecule has 38 heavy (non-hydrogen) atoms. The van der Waals surface area contributed by atoms with Gasteiger partial charge in [-0.05, 0) is 64.6 Å². The number of aliphatic hydroxyl groups excluding tert-OH is 1. The number of carbonyl (C=O) groups is 1. The first-order chi connectivity index (χ1) is 18.0. The number of hydrogen-bond donors (Lipinski definition) is 6. The quantitative estimate of drug-likeness (QED) is 0.0782. The van der Waals surface area contributed by atoms with E-state index in [0.29, 0.717) is 30.7 Å². The molecule has 0 bridgehead atoms. The topological polar surface area (TPSA) is 161 Å². The van der Waals surface area contributed by atoms with Crippen molar-refractivity contribution in [1.82, 2.24) is 10.6 Å². The molecule has 0 heterocycles. The normalized spacial score (nSPS) is 12.8. The lowest BCUT2D eigenvalue weighted by Crippen LogP contribution is -2.27. The Kier molecular flexibility index (Phi) is 8.00. The van der Waals surface area contributed by atoms with Gasteiger partial charge in [-0.25, -0.2) is 8.42 Å². The highest BCUT2D eigenvalue weighted by Crippen LogP contribution is 2.38. The molecule has 4 rings (SSSR count). The van der Waals surface area contributed by atoms with E-state index in [1.165, 1.54) is 25.1 Å². The maximum absolute atomic E-state index is 11.5. The van der Waals surface area contributed by atoms with E-state index >= 15 is 0 Å². The van der Waals surface area contributed by atoms with E-state index in [2.05, 4.69) is 15.4 Å². The third-order valence-electron chi connectivity index (χ3n) is 6.03. The molecule has 0 aliphatic heterocycles. The number of sulfonamides is 1. The maximum Gasteiger partial charge on any atom is 0.229 e. The second-order valence-electron chi connectivity index (χ2n) is 9.14. The van der Waals surface area contributed by atoms with Crippen LogP contribution in [-0.2, 0) is 21.2 Å². The zero-order valence-corrected chi connectivity index (χ0v) is 21.9. The second-order valence-corrected chi connectivity index (χ2v) is 10.9. The van der Waals surface area contributed by atoms with Crippen molar-refractivity contribution in [1.29, 1.82) is 5.41 Å². The lowest BCUT2D eigenvalue weighted by molar-refractivity contribution is -0.117. The number of anilines is 1. The number of aromatic hydroxyl groups is 1. The fourth-order valence-electron chi connectivity index (χ4n) is 4.32. The molecule has 1 aliphatic rings. The number of amides is 1. The average molecular weight is 539 g/mol. The van der Waals surface area contributed by atoms with Gasteiger partial charge in [0.1, 0.15) is 23.9 Å². The van der Waals surface area contributed by atoms with Crippen LogP contribution in [0.2, 0.25) is 0 Å². The number of fused-ring (bicyclic) bond motifs is 3. The Labute approximate surface area is 221 Å². The second kappa shape index (κ2) is 11.2. The summed E-state index contributed by atoms with van der Waals surface area (Å²) in [4.78, 5) is 11.3. The fourth-order valence-corrected chi connectivity index (χ4v) is 4.88. The predicted octanol–water partition coefficient (Wildman–Crippen LogP) is 2.50. The molecule has 1 aliphatic carbocycles. The van der Waals surface area contributed by atoms with Gasteiger partial charge in [-0.1, -0.05) is 24.3 Å². The van der Waals surface area contributed by atoms with Crippen LogP contribution < -0.4 is 20.1 Å². The summed E-state index contributed by atoms with van der Waals surface area (Å²) in [6, 6.07) is 15.9. The molecule has 1 atom stereocenters. The predicted molar refractivity (Wildman–Crippen MR) is 145 cm³/mol. The number of phenolic OH excluding ortho intramolecular Hbond substituents is 1. The number of benzene rings is 3. The van der Waals surface area contributed by atoms with Crippen LogP contribution in [0.15, 0.2) is 54.6 Å². The lowest BCUT2D eigenvalue weighted by Gasteiger charge is -2.15. The number of carbonyl (C=O) groups excluding carboxylic acids is 1. The molecule has 6 N–H and O–H groups in total. The third-order valence-corrected chi connectivity index (χ3v) is 6.62. The first-order valence-electron chi connectivity index (χ1n) is 11.9. The van der Waals surface area contributed by atoms with Crippen molar-refractivity contribution in [2.45, 2.75) is 19.4 Å². The van der Waals surface area contributed by atoms with Crippen molar-refractivity contribution in [3.05, 3.63) is 76.9 Å². The molecule has 3 aromatic carbocycles. The van der Waals surface area contributed by atoms with Crippen LogP contribution in [0.5, 0.6) is 11.5 Å². The van der Waals surface area contributed by atoms with Gasteiger partial charge in [0.15, 0.2) is 0 Å². The van der Waals surface area contributed by atoms with Crippen molar-refractivity contribution in [2.24, 2.45) is 0 Å². The molecular formula is C27H30N4O6S. The van der Waals surface area contributed by atoms with Crippen molar-refractivity contribution < 1.29 is 28.2 Å². The highest BCUT2D eigenvalue weighted by molar-refractivity contribution is 7.92. The van der Waals surface area contributed by atoms with Gasteiger partial charge in [0.2, 0.25) is 15.9 Å². The van der Waals surface area contributed by atoms with Crippen LogP contribution in [0, 0.1) is 5.41 Å². The smallest absolute Gasteiger partial charge is 0.229 e. The van der Waals surface area contributed by atoms with Crippen LogP contribution in [0.1, 0.15) is 35.3 Å². The number of hydrogen-bond acceptors (Lipinski definition) is 8. The summed E-state index contributed by atoms with van der Waals surface area (Å²) in [6.07, 6.45) is 0.776. The van der Waals surface area contributed by atoms with E-state index in [1.54, 1.807) is 0 Å². The van der Waals surface area contributed by atoms with Crippen LogP contribution in [0.3, 0.4) is 0 Å². The van der Waals surface area contributed by atoms with E-state index in [-0.39, 0.29) is 29.7 Å². The number of rotatable bonds is 10. The van der Waals surface area contributed by atoms with Gasteiger partial charge < -0.3 is 25.6 Å². The van der Waals surface area contributed by atoms with Crippen molar-refractivity contribution in [3.63, 3.8) is 0 Å². The summed E-state index contributed by atoms with van der Waals surface area (Å²) in [7, 11) is -3.57. The molecule has 0 fully saturated rings. The van der Waals surface area contributed by atoms with E-state index in [1.807, 2.05) is 36.4 Å². The van der Waals surface area contributed by atoms with Gasteiger partial charge in [-0.2, -0.15) is 0 Å². The van der Waals surface area contributed by atoms with Crippen LogP contribution in [-0.4, -0.2) is 56.3 Å². The largest absolute Gasteiger partial charge is 0.506 e. The summed E-state index contributed by atoms with van der Waals surface area (Å²) in [5.41, 5.74) is 5.55. The molecule has 0 saturated heterocycles. The average Bonchev–Trinajstić information content (AvgIpc) is 3.20. The van der Waals surface area contributed by atoms with Gasteiger partial charge in [0, 0.05) is 25.6 Å². The van der Waals surface area contributed by atoms with Gasteiger partial charge in [-0.3, -0.25) is 14.9 Å². The molecule has 1 unspecified atom stereocenters. The van der Waals surface area contributed by atoms with E-state index in [0.717, 1.165) is 34.3 Å². The van der Waals surface area contributed by atoms with Crippen LogP contribution in [0.4, 0.5) is 5.69 Å². The van der Waals surface area contributed by atoms with Crippen molar-refractivity contribution >= 4 is 27.5 Å².